The highest BCUT2D eigenvalue weighted by Gasteiger charge is 1.96. The van der Waals surface area contributed by atoms with Gasteiger partial charge in [-0.2, -0.15) is 0 Å². The molecule has 0 unspecified atom stereocenters. The third kappa shape index (κ3) is 7.16. The zero-order chi connectivity index (χ0) is 8.53. The van der Waals surface area contributed by atoms with E-state index in [9.17, 15) is 4.79 Å². The van der Waals surface area contributed by atoms with Crippen LogP contribution in [0.3, 0.4) is 0 Å². The molecule has 0 aromatic heterocycles. The molecule has 1 radical (unpaired) electrons. The summed E-state index contributed by atoms with van der Waals surface area (Å²) in [4.78, 5) is 10.5. The number of amides is 1. The molecule has 0 rings (SSSR count). The molecule has 0 aliphatic carbocycles. The largest absolute Gasteiger partial charge is 0.442 e. The molecule has 0 spiro atoms. The molecule has 0 heterocycles. The van der Waals surface area contributed by atoms with Gasteiger partial charge in [-0.15, -0.1) is 0 Å². The molecular weight excluding hydrogens is 142 g/mol. The second-order valence-electron chi connectivity index (χ2n) is 2.32. The van der Waals surface area contributed by atoms with Crippen molar-refractivity contribution in [2.75, 3.05) is 7.05 Å². The van der Waals surface area contributed by atoms with Crippen molar-refractivity contribution >= 4 is 6.09 Å². The van der Waals surface area contributed by atoms with Crippen LogP contribution in [0.2, 0.25) is 0 Å². The minimum atomic E-state index is -0.388. The van der Waals surface area contributed by atoms with Gasteiger partial charge in [-0.25, -0.2) is 4.79 Å². The molecule has 0 fully saturated rings. The maximum Gasteiger partial charge on any atom is 0.407 e. The predicted molar refractivity (Wildman–Crippen MR) is 44.0 cm³/mol. The van der Waals surface area contributed by atoms with Crippen molar-refractivity contribution in [2.45, 2.75) is 32.6 Å². The minimum absolute atomic E-state index is 0.388. The lowest BCUT2D eigenvalue weighted by molar-refractivity contribution is 0.171. The SMILES string of the molecule is CCCCC[CH]OC(=O)NC. The van der Waals surface area contributed by atoms with Crippen molar-refractivity contribution in [3.05, 3.63) is 6.61 Å². The number of hydrogen-bond donors (Lipinski definition) is 1. The van der Waals surface area contributed by atoms with Gasteiger partial charge in [0.1, 0.15) is 6.61 Å². The zero-order valence-corrected chi connectivity index (χ0v) is 7.22. The fraction of sp³-hybridized carbons (Fsp3) is 0.750. The first-order valence-corrected chi connectivity index (χ1v) is 4.01. The first kappa shape index (κ1) is 10.3. The Hall–Kier alpha value is -0.730. The Balaban J connectivity index is 2.95. The Morgan fingerprint density at radius 3 is 2.82 bits per heavy atom. The van der Waals surface area contributed by atoms with Gasteiger partial charge in [0.05, 0.1) is 0 Å². The van der Waals surface area contributed by atoms with Gasteiger partial charge in [-0.05, 0) is 12.8 Å². The van der Waals surface area contributed by atoms with E-state index in [4.69, 9.17) is 0 Å². The van der Waals surface area contributed by atoms with Crippen LogP contribution in [0.5, 0.6) is 0 Å². The Kier molecular flexibility index (Phi) is 6.89. The molecular formula is C8H16NO2. The third-order valence-electron chi connectivity index (χ3n) is 1.32. The molecule has 3 nitrogen and oxygen atoms in total. The van der Waals surface area contributed by atoms with Gasteiger partial charge in [0, 0.05) is 7.05 Å². The summed E-state index contributed by atoms with van der Waals surface area (Å²) in [5.74, 6) is 0. The summed E-state index contributed by atoms with van der Waals surface area (Å²) < 4.78 is 4.66. The van der Waals surface area contributed by atoms with Crippen LogP contribution in [0.25, 0.3) is 0 Å². The van der Waals surface area contributed by atoms with E-state index in [1.165, 1.54) is 12.8 Å². The summed E-state index contributed by atoms with van der Waals surface area (Å²) >= 11 is 0. The van der Waals surface area contributed by atoms with E-state index < -0.39 is 0 Å². The minimum Gasteiger partial charge on any atom is -0.442 e. The van der Waals surface area contributed by atoms with Crippen molar-refractivity contribution in [1.29, 1.82) is 0 Å². The Bertz CT molecular complexity index is 104. The molecule has 1 amide bonds. The average molecular weight is 158 g/mol. The summed E-state index contributed by atoms with van der Waals surface area (Å²) in [6.07, 6.45) is 3.93. The van der Waals surface area contributed by atoms with Gasteiger partial charge in [0.15, 0.2) is 0 Å². The van der Waals surface area contributed by atoms with Gasteiger partial charge < -0.3 is 10.1 Å². The first-order chi connectivity index (χ1) is 5.31. The topological polar surface area (TPSA) is 38.3 Å². The molecule has 0 aliphatic rings. The maximum atomic E-state index is 10.5. The molecule has 0 aliphatic heterocycles. The van der Waals surface area contributed by atoms with Gasteiger partial charge in [-0.1, -0.05) is 19.8 Å². The number of ether oxygens (including phenoxy) is 1. The third-order valence-corrected chi connectivity index (χ3v) is 1.32. The molecule has 0 atom stereocenters. The van der Waals surface area contributed by atoms with Crippen LogP contribution in [0.1, 0.15) is 32.6 Å². The number of alkyl carbamates (subject to hydrolysis) is 1. The van der Waals surface area contributed by atoms with E-state index in [-0.39, 0.29) is 6.09 Å². The summed E-state index contributed by atoms with van der Waals surface area (Å²) in [5, 5.41) is 2.36. The highest BCUT2D eigenvalue weighted by molar-refractivity contribution is 5.66. The van der Waals surface area contributed by atoms with Gasteiger partial charge in [0.2, 0.25) is 0 Å². The van der Waals surface area contributed by atoms with E-state index in [1.807, 2.05) is 0 Å². The second kappa shape index (κ2) is 7.38. The van der Waals surface area contributed by atoms with Crippen molar-refractivity contribution < 1.29 is 9.53 Å². The number of rotatable bonds is 5. The van der Waals surface area contributed by atoms with Crippen LogP contribution in [0.15, 0.2) is 0 Å². The van der Waals surface area contributed by atoms with Gasteiger partial charge in [-0.3, -0.25) is 0 Å². The van der Waals surface area contributed by atoms with Crippen molar-refractivity contribution in [2.24, 2.45) is 0 Å². The zero-order valence-electron chi connectivity index (χ0n) is 7.22. The Morgan fingerprint density at radius 1 is 1.55 bits per heavy atom. The highest BCUT2D eigenvalue weighted by Crippen LogP contribution is 2.01. The quantitative estimate of drug-likeness (QED) is 0.622. The molecule has 0 saturated heterocycles. The lowest BCUT2D eigenvalue weighted by Crippen LogP contribution is -2.17. The van der Waals surface area contributed by atoms with E-state index in [0.717, 1.165) is 12.8 Å². The first-order valence-electron chi connectivity index (χ1n) is 4.01. The number of carbonyl (C=O) groups excluding carboxylic acids is 1. The van der Waals surface area contributed by atoms with Crippen LogP contribution in [0.4, 0.5) is 4.79 Å². The fourth-order valence-corrected chi connectivity index (χ4v) is 0.671. The lowest BCUT2D eigenvalue weighted by Gasteiger charge is -2.01. The molecule has 3 heteroatoms. The van der Waals surface area contributed by atoms with E-state index in [0.29, 0.717) is 0 Å². The van der Waals surface area contributed by atoms with Crippen LogP contribution >= 0.6 is 0 Å². The Morgan fingerprint density at radius 2 is 2.27 bits per heavy atom. The maximum absolute atomic E-state index is 10.5. The number of carbonyl (C=O) groups is 1. The van der Waals surface area contributed by atoms with E-state index >= 15 is 0 Å². The highest BCUT2D eigenvalue weighted by atomic mass is 16.5. The molecule has 0 aromatic carbocycles. The van der Waals surface area contributed by atoms with Crippen LogP contribution in [-0.2, 0) is 4.74 Å². The van der Waals surface area contributed by atoms with E-state index in [2.05, 4.69) is 17.0 Å². The molecule has 0 bridgehead atoms. The number of nitrogens with one attached hydrogen (secondary N) is 1. The van der Waals surface area contributed by atoms with Crippen molar-refractivity contribution in [3.63, 3.8) is 0 Å². The van der Waals surface area contributed by atoms with Crippen LogP contribution < -0.4 is 5.32 Å². The van der Waals surface area contributed by atoms with Gasteiger partial charge >= 0.3 is 6.09 Å². The summed E-state index contributed by atoms with van der Waals surface area (Å²) in [6.45, 7) is 3.69. The van der Waals surface area contributed by atoms with Crippen molar-refractivity contribution in [3.8, 4) is 0 Å². The lowest BCUT2D eigenvalue weighted by atomic mass is 10.2. The molecule has 11 heavy (non-hydrogen) atoms. The smallest absolute Gasteiger partial charge is 0.407 e. The van der Waals surface area contributed by atoms with Crippen molar-refractivity contribution in [1.82, 2.24) is 5.32 Å². The fourth-order valence-electron chi connectivity index (χ4n) is 0.671. The van der Waals surface area contributed by atoms with Crippen LogP contribution in [-0.4, -0.2) is 13.1 Å². The monoisotopic (exact) mass is 158 g/mol. The summed E-state index contributed by atoms with van der Waals surface area (Å²) in [6, 6.07) is 0. The molecule has 65 valence electrons. The normalized spacial score (nSPS) is 9.27. The predicted octanol–water partition coefficient (Wildman–Crippen LogP) is 2.08. The standard InChI is InChI=1S/C8H16NO2/c1-3-4-5-6-7-11-8(10)9-2/h7H,3-6H2,1-2H3,(H,9,10). The van der Waals surface area contributed by atoms with Crippen LogP contribution in [0, 0.1) is 6.61 Å². The average Bonchev–Trinajstić information content (AvgIpc) is 2.04. The molecule has 1 N–H and O–H groups in total. The molecule has 0 aromatic rings. The summed E-state index contributed by atoms with van der Waals surface area (Å²) in [5.41, 5.74) is 0. The summed E-state index contributed by atoms with van der Waals surface area (Å²) in [7, 11) is 1.54. The Labute approximate surface area is 68.1 Å². The number of hydrogen-bond acceptors (Lipinski definition) is 2. The number of unbranched alkanes of at least 4 members (excludes halogenated alkanes) is 3. The van der Waals surface area contributed by atoms with Gasteiger partial charge in [0.25, 0.3) is 0 Å². The molecule has 0 saturated carbocycles. The second-order valence-corrected chi connectivity index (χ2v) is 2.32. The van der Waals surface area contributed by atoms with E-state index in [1.54, 1.807) is 13.7 Å².